The van der Waals surface area contributed by atoms with E-state index in [1.807, 2.05) is 24.3 Å². The van der Waals surface area contributed by atoms with Gasteiger partial charge in [-0.05, 0) is 29.3 Å². The van der Waals surface area contributed by atoms with E-state index >= 15 is 0 Å². The normalized spacial score (nSPS) is 16.8. The molecule has 2 aromatic carbocycles. The Bertz CT molecular complexity index is 898. The number of benzene rings is 2. The van der Waals surface area contributed by atoms with Crippen molar-refractivity contribution >= 4 is 17.3 Å². The molecule has 1 heterocycles. The number of terminal acetylenes is 1. The molecule has 5 nitrogen and oxygen atoms in total. The molecule has 0 unspecified atom stereocenters. The third-order valence-electron chi connectivity index (χ3n) is 4.69. The van der Waals surface area contributed by atoms with Gasteiger partial charge in [0, 0.05) is 31.1 Å². The van der Waals surface area contributed by atoms with Crippen molar-refractivity contribution in [1.82, 2.24) is 4.90 Å². The second-order valence-corrected chi connectivity index (χ2v) is 7.54. The first-order chi connectivity index (χ1) is 14.5. The highest BCUT2D eigenvalue weighted by Crippen LogP contribution is 2.21. The molecule has 3 rings (SSSR count). The van der Waals surface area contributed by atoms with Crippen molar-refractivity contribution in [2.75, 3.05) is 26.3 Å². The second kappa shape index (κ2) is 11.1. The van der Waals surface area contributed by atoms with Crippen LogP contribution in [0.25, 0.3) is 0 Å². The van der Waals surface area contributed by atoms with Crippen LogP contribution in [0.5, 0.6) is 0 Å². The summed E-state index contributed by atoms with van der Waals surface area (Å²) in [4.78, 5) is 7.66. The number of rotatable bonds is 10. The molecule has 0 aromatic heterocycles. The Morgan fingerprint density at radius 2 is 2.07 bits per heavy atom. The van der Waals surface area contributed by atoms with Gasteiger partial charge in [-0.3, -0.25) is 4.90 Å². The number of halogens is 2. The van der Waals surface area contributed by atoms with Gasteiger partial charge >= 0.3 is 0 Å². The standard InChI is InChI=1S/C23H24ClFN2O3/c1-2-11-29-16-20(28)14-27(13-18-5-3-4-6-22(18)24)15-21-12-23(26-30-21)17-7-9-19(25)10-8-17/h1,3-10,20-21,28H,11-16H2/t20-,21-/m0/s1. The highest BCUT2D eigenvalue weighted by atomic mass is 35.5. The summed E-state index contributed by atoms with van der Waals surface area (Å²) in [5.74, 6) is 2.09. The van der Waals surface area contributed by atoms with E-state index in [4.69, 9.17) is 27.6 Å². The predicted molar refractivity (Wildman–Crippen MR) is 115 cm³/mol. The van der Waals surface area contributed by atoms with Crippen molar-refractivity contribution < 1.29 is 19.1 Å². The highest BCUT2D eigenvalue weighted by Gasteiger charge is 2.26. The van der Waals surface area contributed by atoms with E-state index in [1.54, 1.807) is 12.1 Å². The van der Waals surface area contributed by atoms with Crippen molar-refractivity contribution in [2.24, 2.45) is 5.16 Å². The smallest absolute Gasteiger partial charge is 0.145 e. The number of nitrogens with zero attached hydrogens (tertiary/aromatic N) is 2. The summed E-state index contributed by atoms with van der Waals surface area (Å²) in [5, 5.41) is 15.2. The Hall–Kier alpha value is -2.43. The first kappa shape index (κ1) is 22.3. The minimum absolute atomic E-state index is 0.145. The SMILES string of the molecule is C#CCOC[C@@H](O)CN(Cc1ccccc1Cl)C[C@@H]1CC(c2ccc(F)cc2)=NO1. The van der Waals surface area contributed by atoms with Crippen LogP contribution in [0.2, 0.25) is 5.02 Å². The summed E-state index contributed by atoms with van der Waals surface area (Å²) in [6.07, 6.45) is 4.88. The van der Waals surface area contributed by atoms with Gasteiger partial charge in [0.15, 0.2) is 0 Å². The van der Waals surface area contributed by atoms with Gasteiger partial charge in [-0.1, -0.05) is 53.0 Å². The molecule has 0 spiro atoms. The van der Waals surface area contributed by atoms with Gasteiger partial charge in [-0.2, -0.15) is 0 Å². The molecule has 1 aliphatic heterocycles. The fourth-order valence-electron chi connectivity index (χ4n) is 3.30. The summed E-state index contributed by atoms with van der Waals surface area (Å²) in [6, 6.07) is 13.8. The highest BCUT2D eigenvalue weighted by molar-refractivity contribution is 6.31. The Labute approximate surface area is 181 Å². The lowest BCUT2D eigenvalue weighted by Gasteiger charge is -2.27. The molecule has 158 valence electrons. The van der Waals surface area contributed by atoms with E-state index in [0.29, 0.717) is 31.1 Å². The van der Waals surface area contributed by atoms with Crippen molar-refractivity contribution in [2.45, 2.75) is 25.2 Å². The summed E-state index contributed by atoms with van der Waals surface area (Å²) in [6.45, 7) is 1.74. The summed E-state index contributed by atoms with van der Waals surface area (Å²) < 4.78 is 18.4. The van der Waals surface area contributed by atoms with Crippen LogP contribution in [0.3, 0.4) is 0 Å². The topological polar surface area (TPSA) is 54.3 Å². The van der Waals surface area contributed by atoms with Crippen molar-refractivity contribution in [3.8, 4) is 12.3 Å². The summed E-state index contributed by atoms with van der Waals surface area (Å²) in [7, 11) is 0. The van der Waals surface area contributed by atoms with Gasteiger partial charge in [0.1, 0.15) is 18.5 Å². The molecule has 0 aliphatic carbocycles. The number of oxime groups is 1. The Balaban J connectivity index is 1.62. The molecule has 0 radical (unpaired) electrons. The Morgan fingerprint density at radius 3 is 2.80 bits per heavy atom. The quantitative estimate of drug-likeness (QED) is 0.463. The molecular formula is C23H24ClFN2O3. The lowest BCUT2D eigenvalue weighted by Crippen LogP contribution is -2.39. The van der Waals surface area contributed by atoms with Crippen LogP contribution in [-0.2, 0) is 16.1 Å². The zero-order chi connectivity index (χ0) is 21.3. The third-order valence-corrected chi connectivity index (χ3v) is 5.06. The summed E-state index contributed by atoms with van der Waals surface area (Å²) >= 11 is 6.32. The fraction of sp³-hybridized carbons (Fsp3) is 0.348. The molecule has 2 aromatic rings. The van der Waals surface area contributed by atoms with Gasteiger partial charge in [0.2, 0.25) is 0 Å². The second-order valence-electron chi connectivity index (χ2n) is 7.13. The molecule has 0 bridgehead atoms. The monoisotopic (exact) mass is 430 g/mol. The number of hydrogen-bond donors (Lipinski definition) is 1. The van der Waals surface area contributed by atoms with Crippen LogP contribution in [-0.4, -0.2) is 54.2 Å². The largest absolute Gasteiger partial charge is 0.390 e. The van der Waals surface area contributed by atoms with E-state index in [-0.39, 0.29) is 25.1 Å². The van der Waals surface area contributed by atoms with Crippen LogP contribution >= 0.6 is 11.6 Å². The molecule has 0 fully saturated rings. The Kier molecular flexibility index (Phi) is 8.23. The van der Waals surface area contributed by atoms with Gasteiger partial charge in [-0.25, -0.2) is 4.39 Å². The molecular weight excluding hydrogens is 407 g/mol. The van der Waals surface area contributed by atoms with E-state index in [1.165, 1.54) is 12.1 Å². The number of ether oxygens (including phenoxy) is 1. The fourth-order valence-corrected chi connectivity index (χ4v) is 3.50. The molecule has 7 heteroatoms. The van der Waals surface area contributed by atoms with Gasteiger partial charge in [-0.15, -0.1) is 6.42 Å². The number of aliphatic hydroxyl groups excluding tert-OH is 1. The van der Waals surface area contributed by atoms with Crippen LogP contribution < -0.4 is 0 Å². The average Bonchev–Trinajstić information content (AvgIpc) is 3.19. The van der Waals surface area contributed by atoms with Crippen LogP contribution in [0.1, 0.15) is 17.5 Å². The van der Waals surface area contributed by atoms with Gasteiger partial charge in [0.05, 0.1) is 18.4 Å². The maximum atomic E-state index is 13.2. The van der Waals surface area contributed by atoms with E-state index in [2.05, 4.69) is 16.0 Å². The third kappa shape index (κ3) is 6.54. The Morgan fingerprint density at radius 1 is 1.30 bits per heavy atom. The summed E-state index contributed by atoms with van der Waals surface area (Å²) in [5.41, 5.74) is 2.56. The zero-order valence-corrected chi connectivity index (χ0v) is 17.3. The van der Waals surface area contributed by atoms with Crippen molar-refractivity contribution in [3.63, 3.8) is 0 Å². The number of aliphatic hydroxyl groups is 1. The minimum Gasteiger partial charge on any atom is -0.390 e. The van der Waals surface area contributed by atoms with Crippen LogP contribution in [0.4, 0.5) is 4.39 Å². The molecule has 0 saturated carbocycles. The van der Waals surface area contributed by atoms with Crippen molar-refractivity contribution in [3.05, 3.63) is 70.5 Å². The van der Waals surface area contributed by atoms with E-state index in [0.717, 1.165) is 16.8 Å². The van der Waals surface area contributed by atoms with Crippen LogP contribution in [0, 0.1) is 18.2 Å². The van der Waals surface area contributed by atoms with Crippen molar-refractivity contribution in [1.29, 1.82) is 0 Å². The molecule has 0 amide bonds. The predicted octanol–water partition coefficient (Wildman–Crippen LogP) is 3.49. The maximum absolute atomic E-state index is 13.2. The van der Waals surface area contributed by atoms with Gasteiger partial charge in [0.25, 0.3) is 0 Å². The molecule has 30 heavy (non-hydrogen) atoms. The van der Waals surface area contributed by atoms with E-state index in [9.17, 15) is 9.50 Å². The van der Waals surface area contributed by atoms with Crippen LogP contribution in [0.15, 0.2) is 53.7 Å². The molecule has 1 aliphatic rings. The molecule has 1 N–H and O–H groups in total. The lowest BCUT2D eigenvalue weighted by atomic mass is 10.0. The van der Waals surface area contributed by atoms with Gasteiger partial charge < -0.3 is 14.7 Å². The first-order valence-electron chi connectivity index (χ1n) is 9.69. The first-order valence-corrected chi connectivity index (χ1v) is 10.1. The molecule has 2 atom stereocenters. The lowest BCUT2D eigenvalue weighted by molar-refractivity contribution is 0.00419. The number of hydrogen-bond acceptors (Lipinski definition) is 5. The molecule has 0 saturated heterocycles. The zero-order valence-electron chi connectivity index (χ0n) is 16.5. The maximum Gasteiger partial charge on any atom is 0.145 e. The minimum atomic E-state index is -0.709. The average molecular weight is 431 g/mol. The van der Waals surface area contributed by atoms with E-state index < -0.39 is 6.10 Å².